The van der Waals surface area contributed by atoms with Crippen molar-refractivity contribution in [3.8, 4) is 0 Å². The first-order valence-corrected chi connectivity index (χ1v) is 4.18. The molecule has 0 amide bonds. The van der Waals surface area contributed by atoms with Gasteiger partial charge in [0.25, 0.3) is 0 Å². The molecule has 1 unspecified atom stereocenters. The molecule has 1 fully saturated rings. The predicted octanol–water partition coefficient (Wildman–Crippen LogP) is 1.13. The first-order chi connectivity index (χ1) is 5.29. The van der Waals surface area contributed by atoms with Crippen molar-refractivity contribution in [2.24, 2.45) is 5.92 Å². The van der Waals surface area contributed by atoms with Crippen LogP contribution in [0.5, 0.6) is 0 Å². The average Bonchev–Trinajstić information content (AvgIpc) is 2.03. The first-order valence-electron chi connectivity index (χ1n) is 4.18. The summed E-state index contributed by atoms with van der Waals surface area (Å²) < 4.78 is 0. The molecule has 0 aromatic heterocycles. The van der Waals surface area contributed by atoms with Crippen LogP contribution < -0.4 is 5.32 Å². The molecular weight excluding hydrogens is 138 g/mol. The highest BCUT2D eigenvalue weighted by atomic mass is 16.1. The van der Waals surface area contributed by atoms with E-state index < -0.39 is 0 Å². The lowest BCUT2D eigenvalue weighted by Crippen LogP contribution is -2.28. The number of hydrogen-bond donors (Lipinski definition) is 1. The third-order valence-electron chi connectivity index (χ3n) is 1.94. The molecular formula is C9H15NO. The summed E-state index contributed by atoms with van der Waals surface area (Å²) in [4.78, 5) is 10.6. The molecule has 62 valence electrons. The highest BCUT2D eigenvalue weighted by molar-refractivity contribution is 5.87. The molecule has 1 aliphatic heterocycles. The quantitative estimate of drug-likeness (QED) is 0.602. The Morgan fingerprint density at radius 2 is 2.45 bits per heavy atom. The highest BCUT2D eigenvalue weighted by Crippen LogP contribution is 2.10. The fourth-order valence-corrected chi connectivity index (χ4v) is 1.31. The van der Waals surface area contributed by atoms with E-state index >= 15 is 0 Å². The summed E-state index contributed by atoms with van der Waals surface area (Å²) in [5, 5.41) is 3.30. The van der Waals surface area contributed by atoms with E-state index in [2.05, 4.69) is 5.32 Å². The largest absolute Gasteiger partial charge is 0.316 e. The zero-order valence-corrected chi connectivity index (χ0v) is 6.97. The lowest BCUT2D eigenvalue weighted by Gasteiger charge is -2.18. The van der Waals surface area contributed by atoms with Gasteiger partial charge in [-0.1, -0.05) is 6.08 Å². The van der Waals surface area contributed by atoms with Crippen molar-refractivity contribution in [1.82, 2.24) is 5.32 Å². The number of carbonyl (C=O) groups is 1. The molecule has 1 aliphatic rings. The minimum absolute atomic E-state index is 0.149. The van der Waals surface area contributed by atoms with Crippen LogP contribution in [-0.4, -0.2) is 18.9 Å². The van der Waals surface area contributed by atoms with E-state index in [-0.39, 0.29) is 5.78 Å². The maximum Gasteiger partial charge on any atom is 0.152 e. The number of nitrogens with one attached hydrogen (secondary N) is 1. The molecule has 1 heterocycles. The van der Waals surface area contributed by atoms with Crippen LogP contribution in [0.25, 0.3) is 0 Å². The van der Waals surface area contributed by atoms with Gasteiger partial charge < -0.3 is 5.32 Å². The monoisotopic (exact) mass is 153 g/mol. The van der Waals surface area contributed by atoms with Gasteiger partial charge in [0.2, 0.25) is 0 Å². The van der Waals surface area contributed by atoms with Crippen LogP contribution in [0.15, 0.2) is 12.2 Å². The smallest absolute Gasteiger partial charge is 0.152 e. The van der Waals surface area contributed by atoms with Crippen molar-refractivity contribution in [3.05, 3.63) is 12.2 Å². The molecule has 0 aliphatic carbocycles. The van der Waals surface area contributed by atoms with Crippen LogP contribution in [0.1, 0.15) is 19.8 Å². The van der Waals surface area contributed by atoms with Crippen LogP contribution in [0.3, 0.4) is 0 Å². The van der Waals surface area contributed by atoms with Gasteiger partial charge in [-0.05, 0) is 38.3 Å². The van der Waals surface area contributed by atoms with Gasteiger partial charge >= 0.3 is 0 Å². The molecule has 0 bridgehead atoms. The highest BCUT2D eigenvalue weighted by Gasteiger charge is 2.08. The maximum absolute atomic E-state index is 10.6. The van der Waals surface area contributed by atoms with Gasteiger partial charge in [-0.3, -0.25) is 4.79 Å². The summed E-state index contributed by atoms with van der Waals surface area (Å²) in [6.07, 6.45) is 6.15. The summed E-state index contributed by atoms with van der Waals surface area (Å²) in [7, 11) is 0. The second kappa shape index (κ2) is 4.29. The SMILES string of the molecule is CC(=O)/C=C/C1CCCNC1. The Morgan fingerprint density at radius 1 is 1.64 bits per heavy atom. The zero-order valence-electron chi connectivity index (χ0n) is 6.97. The number of allylic oxidation sites excluding steroid dienone is 1. The van der Waals surface area contributed by atoms with E-state index in [4.69, 9.17) is 0 Å². The molecule has 0 aromatic rings. The predicted molar refractivity (Wildman–Crippen MR) is 45.4 cm³/mol. The van der Waals surface area contributed by atoms with Crippen LogP contribution in [0.2, 0.25) is 0 Å². The minimum Gasteiger partial charge on any atom is -0.316 e. The van der Waals surface area contributed by atoms with Crippen LogP contribution in [-0.2, 0) is 4.79 Å². The van der Waals surface area contributed by atoms with Crippen molar-refractivity contribution in [2.45, 2.75) is 19.8 Å². The van der Waals surface area contributed by atoms with E-state index in [1.165, 1.54) is 12.8 Å². The standard InChI is InChI=1S/C9H15NO/c1-8(11)4-5-9-3-2-6-10-7-9/h4-5,9-10H,2-3,6-7H2,1H3/b5-4+. The Morgan fingerprint density at radius 3 is 3.00 bits per heavy atom. The number of carbonyl (C=O) groups excluding carboxylic acids is 1. The van der Waals surface area contributed by atoms with Crippen LogP contribution >= 0.6 is 0 Å². The second-order valence-electron chi connectivity index (χ2n) is 3.08. The summed E-state index contributed by atoms with van der Waals surface area (Å²) in [5.41, 5.74) is 0. The lowest BCUT2D eigenvalue weighted by molar-refractivity contribution is -0.112. The van der Waals surface area contributed by atoms with Crippen LogP contribution in [0, 0.1) is 5.92 Å². The summed E-state index contributed by atoms with van der Waals surface area (Å²) in [6.45, 7) is 3.75. The van der Waals surface area contributed by atoms with Gasteiger partial charge in [-0.2, -0.15) is 0 Å². The van der Waals surface area contributed by atoms with Gasteiger partial charge in [0.15, 0.2) is 5.78 Å². The van der Waals surface area contributed by atoms with Crippen molar-refractivity contribution in [3.63, 3.8) is 0 Å². The van der Waals surface area contributed by atoms with E-state index in [0.717, 1.165) is 13.1 Å². The van der Waals surface area contributed by atoms with E-state index in [1.54, 1.807) is 13.0 Å². The second-order valence-corrected chi connectivity index (χ2v) is 3.08. The molecule has 0 aromatic carbocycles. The number of piperidine rings is 1. The number of rotatable bonds is 2. The first kappa shape index (κ1) is 8.47. The molecule has 2 heteroatoms. The average molecular weight is 153 g/mol. The van der Waals surface area contributed by atoms with Gasteiger partial charge in [0, 0.05) is 6.54 Å². The van der Waals surface area contributed by atoms with Crippen molar-refractivity contribution < 1.29 is 4.79 Å². The Hall–Kier alpha value is -0.630. The van der Waals surface area contributed by atoms with Crippen molar-refractivity contribution >= 4 is 5.78 Å². The molecule has 2 nitrogen and oxygen atoms in total. The molecule has 1 rings (SSSR count). The molecule has 0 spiro atoms. The van der Waals surface area contributed by atoms with Gasteiger partial charge in [-0.25, -0.2) is 0 Å². The molecule has 1 saturated heterocycles. The molecule has 11 heavy (non-hydrogen) atoms. The minimum atomic E-state index is 0.149. The zero-order chi connectivity index (χ0) is 8.10. The lowest BCUT2D eigenvalue weighted by atomic mass is 9.99. The van der Waals surface area contributed by atoms with Crippen LogP contribution in [0.4, 0.5) is 0 Å². The summed E-state index contributed by atoms with van der Waals surface area (Å²) in [5.74, 6) is 0.725. The third kappa shape index (κ3) is 3.33. The molecule has 0 saturated carbocycles. The van der Waals surface area contributed by atoms with Crippen molar-refractivity contribution in [2.75, 3.05) is 13.1 Å². The Balaban J connectivity index is 2.29. The Kier molecular flexibility index (Phi) is 3.30. The topological polar surface area (TPSA) is 29.1 Å². The number of hydrogen-bond acceptors (Lipinski definition) is 2. The van der Waals surface area contributed by atoms with Gasteiger partial charge in [0.05, 0.1) is 0 Å². The van der Waals surface area contributed by atoms with Crippen molar-refractivity contribution in [1.29, 1.82) is 0 Å². The Labute approximate surface area is 67.7 Å². The molecule has 1 atom stereocenters. The van der Waals surface area contributed by atoms with E-state index in [9.17, 15) is 4.79 Å². The normalized spacial score (nSPS) is 25.7. The summed E-state index contributed by atoms with van der Waals surface area (Å²) >= 11 is 0. The third-order valence-corrected chi connectivity index (χ3v) is 1.94. The fourth-order valence-electron chi connectivity index (χ4n) is 1.31. The summed E-state index contributed by atoms with van der Waals surface area (Å²) in [6, 6.07) is 0. The maximum atomic E-state index is 10.6. The Bertz CT molecular complexity index is 157. The van der Waals surface area contributed by atoms with E-state index in [1.807, 2.05) is 6.08 Å². The van der Waals surface area contributed by atoms with E-state index in [0.29, 0.717) is 5.92 Å². The van der Waals surface area contributed by atoms with Gasteiger partial charge in [-0.15, -0.1) is 0 Å². The molecule has 0 radical (unpaired) electrons. The molecule has 1 N–H and O–H groups in total. The fraction of sp³-hybridized carbons (Fsp3) is 0.667. The van der Waals surface area contributed by atoms with Gasteiger partial charge in [0.1, 0.15) is 0 Å². The number of ketones is 1.